The molecule has 1 fully saturated rings. The number of amides is 2. The third kappa shape index (κ3) is 4.94. The lowest BCUT2D eigenvalue weighted by Crippen LogP contribution is -2.27. The van der Waals surface area contributed by atoms with E-state index in [-0.39, 0.29) is 17.7 Å². The van der Waals surface area contributed by atoms with Crippen LogP contribution in [0.25, 0.3) is 6.08 Å². The van der Waals surface area contributed by atoms with E-state index in [0.29, 0.717) is 22.3 Å². The molecule has 0 unspecified atom stereocenters. The minimum Gasteiger partial charge on any atom is -0.493 e. The van der Waals surface area contributed by atoms with Crippen molar-refractivity contribution in [3.8, 4) is 5.75 Å². The van der Waals surface area contributed by atoms with Crippen molar-refractivity contribution >= 4 is 56.5 Å². The van der Waals surface area contributed by atoms with Crippen LogP contribution in [-0.2, 0) is 11.3 Å². The fraction of sp³-hybridized carbons (Fsp3) is 0.200. The molecular formula is C20H17BrClNO3S. The first kappa shape index (κ1) is 20.0. The number of rotatable bonds is 6. The number of hydrogen-bond donors (Lipinski definition) is 0. The molecule has 0 aromatic heterocycles. The predicted octanol–water partition coefficient (Wildman–Crippen LogP) is 6.13. The van der Waals surface area contributed by atoms with Crippen molar-refractivity contribution in [1.82, 2.24) is 4.90 Å². The number of carbonyl (C=O) groups excluding carboxylic acids is 2. The highest BCUT2D eigenvalue weighted by molar-refractivity contribution is 9.10. The maximum atomic E-state index is 12.7. The number of imide groups is 1. The van der Waals surface area contributed by atoms with Crippen LogP contribution in [0.2, 0.25) is 5.02 Å². The lowest BCUT2D eigenvalue weighted by Gasteiger charge is -2.12. The van der Waals surface area contributed by atoms with Crippen LogP contribution in [0.5, 0.6) is 5.75 Å². The maximum absolute atomic E-state index is 12.7. The lowest BCUT2D eigenvalue weighted by atomic mass is 10.1. The van der Waals surface area contributed by atoms with E-state index >= 15 is 0 Å². The highest BCUT2D eigenvalue weighted by atomic mass is 79.9. The molecule has 0 aliphatic carbocycles. The first-order chi connectivity index (χ1) is 13.0. The molecule has 140 valence electrons. The number of hydrogen-bond acceptors (Lipinski definition) is 4. The summed E-state index contributed by atoms with van der Waals surface area (Å²) in [5.74, 6) is 0.380. The quantitative estimate of drug-likeness (QED) is 0.481. The monoisotopic (exact) mass is 465 g/mol. The van der Waals surface area contributed by atoms with Gasteiger partial charge in [-0.3, -0.25) is 14.5 Å². The van der Waals surface area contributed by atoms with Gasteiger partial charge in [-0.15, -0.1) is 0 Å². The number of ether oxygens (including phenoxy) is 1. The Hall–Kier alpha value is -1.76. The van der Waals surface area contributed by atoms with Gasteiger partial charge in [-0.2, -0.15) is 0 Å². The first-order valence-electron chi connectivity index (χ1n) is 8.40. The summed E-state index contributed by atoms with van der Waals surface area (Å²) in [4.78, 5) is 26.7. The first-order valence-corrected chi connectivity index (χ1v) is 10.4. The Balaban J connectivity index is 1.84. The summed E-state index contributed by atoms with van der Waals surface area (Å²) in [6, 6.07) is 12.7. The van der Waals surface area contributed by atoms with Crippen molar-refractivity contribution in [3.05, 3.63) is 68.0 Å². The summed E-state index contributed by atoms with van der Waals surface area (Å²) in [6.07, 6.45) is 2.59. The van der Waals surface area contributed by atoms with Gasteiger partial charge in [0.2, 0.25) is 0 Å². The summed E-state index contributed by atoms with van der Waals surface area (Å²) in [5, 5.41) is 0.328. The zero-order chi connectivity index (χ0) is 19.4. The topological polar surface area (TPSA) is 46.6 Å². The van der Waals surface area contributed by atoms with Gasteiger partial charge in [-0.1, -0.05) is 46.6 Å². The second-order valence-corrected chi connectivity index (χ2v) is 8.27. The van der Waals surface area contributed by atoms with E-state index in [2.05, 4.69) is 15.9 Å². The number of nitrogens with zero attached hydrogens (tertiary/aromatic N) is 1. The average molecular weight is 467 g/mol. The molecule has 0 atom stereocenters. The van der Waals surface area contributed by atoms with Crippen LogP contribution >= 0.6 is 39.3 Å². The normalized spacial score (nSPS) is 15.7. The minimum atomic E-state index is -0.304. The van der Waals surface area contributed by atoms with Crippen molar-refractivity contribution in [3.63, 3.8) is 0 Å². The standard InChI is InChI=1S/C20H17BrClNO3S/c1-2-9-26-17-8-5-15(21)10-14(17)11-18-19(24)23(20(25)27-18)12-13-3-6-16(22)7-4-13/h3-8,10-11H,2,9,12H2,1H3/b18-11-. The number of benzene rings is 2. The lowest BCUT2D eigenvalue weighted by molar-refractivity contribution is -0.123. The van der Waals surface area contributed by atoms with Crippen molar-refractivity contribution in [2.75, 3.05) is 6.61 Å². The highest BCUT2D eigenvalue weighted by Crippen LogP contribution is 2.35. The maximum Gasteiger partial charge on any atom is 0.293 e. The summed E-state index contributed by atoms with van der Waals surface area (Å²) in [6.45, 7) is 2.83. The highest BCUT2D eigenvalue weighted by Gasteiger charge is 2.35. The summed E-state index contributed by atoms with van der Waals surface area (Å²) in [7, 11) is 0. The molecule has 1 saturated heterocycles. The van der Waals surface area contributed by atoms with Crippen molar-refractivity contribution < 1.29 is 14.3 Å². The summed E-state index contributed by atoms with van der Waals surface area (Å²) in [5.41, 5.74) is 1.60. The Morgan fingerprint density at radius 3 is 2.63 bits per heavy atom. The van der Waals surface area contributed by atoms with Gasteiger partial charge in [0, 0.05) is 15.1 Å². The molecule has 3 rings (SSSR count). The van der Waals surface area contributed by atoms with E-state index in [1.165, 1.54) is 4.90 Å². The van der Waals surface area contributed by atoms with E-state index in [1.807, 2.05) is 25.1 Å². The van der Waals surface area contributed by atoms with Crippen molar-refractivity contribution in [2.45, 2.75) is 19.9 Å². The second-order valence-electron chi connectivity index (χ2n) is 5.92. The Kier molecular flexibility index (Phi) is 6.63. The van der Waals surface area contributed by atoms with E-state index in [9.17, 15) is 9.59 Å². The fourth-order valence-electron chi connectivity index (χ4n) is 2.53. The summed E-state index contributed by atoms with van der Waals surface area (Å²) < 4.78 is 6.62. The smallest absolute Gasteiger partial charge is 0.293 e. The third-order valence-corrected chi connectivity index (χ3v) is 5.50. The Morgan fingerprint density at radius 1 is 1.19 bits per heavy atom. The Bertz CT molecular complexity index is 899. The van der Waals surface area contributed by atoms with E-state index in [1.54, 1.807) is 30.3 Å². The zero-order valence-corrected chi connectivity index (χ0v) is 17.7. The Morgan fingerprint density at radius 2 is 1.93 bits per heavy atom. The molecular weight excluding hydrogens is 450 g/mol. The van der Waals surface area contributed by atoms with Crippen LogP contribution in [0.15, 0.2) is 51.8 Å². The van der Waals surface area contributed by atoms with Crippen LogP contribution in [0.1, 0.15) is 24.5 Å². The number of halogens is 2. The van der Waals surface area contributed by atoms with Gasteiger partial charge in [0.25, 0.3) is 11.1 Å². The molecule has 4 nitrogen and oxygen atoms in total. The van der Waals surface area contributed by atoms with E-state index in [4.69, 9.17) is 16.3 Å². The molecule has 0 bridgehead atoms. The van der Waals surface area contributed by atoms with Crippen LogP contribution in [0.3, 0.4) is 0 Å². The van der Waals surface area contributed by atoms with Gasteiger partial charge in [0.1, 0.15) is 5.75 Å². The second kappa shape index (κ2) is 8.95. The molecule has 2 aromatic rings. The van der Waals surface area contributed by atoms with Crippen LogP contribution in [-0.4, -0.2) is 22.7 Å². The molecule has 2 amide bonds. The van der Waals surface area contributed by atoms with Gasteiger partial charge in [0.15, 0.2) is 0 Å². The average Bonchev–Trinajstić information content (AvgIpc) is 2.90. The van der Waals surface area contributed by atoms with Crippen LogP contribution in [0, 0.1) is 0 Å². The largest absolute Gasteiger partial charge is 0.493 e. The number of thioether (sulfide) groups is 1. The molecule has 0 N–H and O–H groups in total. The van der Waals surface area contributed by atoms with Crippen LogP contribution < -0.4 is 4.74 Å². The molecule has 0 spiro atoms. The van der Waals surface area contributed by atoms with Gasteiger partial charge >= 0.3 is 0 Å². The zero-order valence-electron chi connectivity index (χ0n) is 14.6. The molecule has 1 aliphatic rings. The third-order valence-electron chi connectivity index (χ3n) is 3.85. The summed E-state index contributed by atoms with van der Waals surface area (Å²) >= 11 is 10.3. The van der Waals surface area contributed by atoms with Gasteiger partial charge in [-0.05, 0) is 60.2 Å². The SMILES string of the molecule is CCCOc1ccc(Br)cc1/C=C1\SC(=O)N(Cc2ccc(Cl)cc2)C1=O. The van der Waals surface area contributed by atoms with E-state index in [0.717, 1.165) is 33.8 Å². The minimum absolute atomic E-state index is 0.219. The molecule has 2 aromatic carbocycles. The molecule has 1 aliphatic heterocycles. The van der Waals surface area contributed by atoms with E-state index < -0.39 is 0 Å². The Labute approximate surface area is 175 Å². The molecule has 7 heteroatoms. The molecule has 1 heterocycles. The molecule has 0 radical (unpaired) electrons. The van der Waals surface area contributed by atoms with Gasteiger partial charge < -0.3 is 4.74 Å². The fourth-order valence-corrected chi connectivity index (χ4v) is 3.86. The van der Waals surface area contributed by atoms with Crippen molar-refractivity contribution in [2.24, 2.45) is 0 Å². The predicted molar refractivity (Wildman–Crippen MR) is 113 cm³/mol. The molecule has 0 saturated carbocycles. The van der Waals surface area contributed by atoms with Crippen LogP contribution in [0.4, 0.5) is 4.79 Å². The number of carbonyl (C=O) groups is 2. The molecule has 27 heavy (non-hydrogen) atoms. The van der Waals surface area contributed by atoms with Gasteiger partial charge in [-0.25, -0.2) is 0 Å². The van der Waals surface area contributed by atoms with Gasteiger partial charge in [0.05, 0.1) is 18.1 Å². The van der Waals surface area contributed by atoms with Crippen molar-refractivity contribution in [1.29, 1.82) is 0 Å².